The van der Waals surface area contributed by atoms with E-state index in [0.717, 1.165) is 18.5 Å². The van der Waals surface area contributed by atoms with Gasteiger partial charge in [0.2, 0.25) is 0 Å². The first-order valence-corrected chi connectivity index (χ1v) is 6.98. The minimum atomic E-state index is -0.678. The van der Waals surface area contributed by atoms with Gasteiger partial charge in [0, 0.05) is 12.6 Å². The summed E-state index contributed by atoms with van der Waals surface area (Å²) in [6, 6.07) is 2.62. The second-order valence-corrected chi connectivity index (χ2v) is 5.73. The van der Waals surface area contributed by atoms with E-state index in [4.69, 9.17) is 0 Å². The summed E-state index contributed by atoms with van der Waals surface area (Å²) in [5, 5.41) is 14.9. The van der Waals surface area contributed by atoms with Crippen LogP contribution in [0.15, 0.2) is 24.9 Å². The van der Waals surface area contributed by atoms with Gasteiger partial charge < -0.3 is 5.11 Å². The average Bonchev–Trinajstić information content (AvgIpc) is 2.95. The highest BCUT2D eigenvalue weighted by Gasteiger charge is 2.23. The molecule has 100 valence electrons. The molecule has 3 nitrogen and oxygen atoms in total. The van der Waals surface area contributed by atoms with Crippen LogP contribution in [0.1, 0.15) is 57.2 Å². The Labute approximate surface area is 110 Å². The van der Waals surface area contributed by atoms with Crippen molar-refractivity contribution in [3.05, 3.63) is 30.6 Å². The molecule has 0 amide bonds. The zero-order valence-corrected chi connectivity index (χ0v) is 11.3. The minimum Gasteiger partial charge on any atom is -0.390 e. The lowest BCUT2D eigenvalue weighted by Gasteiger charge is -2.21. The van der Waals surface area contributed by atoms with Crippen LogP contribution in [0.3, 0.4) is 0 Å². The first kappa shape index (κ1) is 13.3. The molecule has 1 aliphatic rings. The molecule has 1 unspecified atom stereocenters. The molecule has 1 aliphatic carbocycles. The number of nitrogens with zero attached hydrogens (tertiary/aromatic N) is 2. The van der Waals surface area contributed by atoms with E-state index in [1.54, 1.807) is 0 Å². The van der Waals surface area contributed by atoms with E-state index in [1.165, 1.54) is 25.7 Å². The highest BCUT2D eigenvalue weighted by molar-refractivity contribution is 5.04. The Balaban J connectivity index is 1.95. The Bertz CT molecular complexity index is 389. The normalized spacial score (nSPS) is 19.9. The maximum Gasteiger partial charge on any atom is 0.0678 e. The maximum absolute atomic E-state index is 10.3. The van der Waals surface area contributed by atoms with Gasteiger partial charge in [-0.3, -0.25) is 4.68 Å². The van der Waals surface area contributed by atoms with Gasteiger partial charge in [0.1, 0.15) is 0 Å². The Morgan fingerprint density at radius 1 is 1.56 bits per heavy atom. The molecule has 2 rings (SSSR count). The van der Waals surface area contributed by atoms with Gasteiger partial charge in [-0.1, -0.05) is 18.9 Å². The van der Waals surface area contributed by atoms with E-state index < -0.39 is 5.60 Å². The van der Waals surface area contributed by atoms with Crippen LogP contribution >= 0.6 is 0 Å². The first-order chi connectivity index (χ1) is 8.61. The molecular weight excluding hydrogens is 224 g/mol. The Morgan fingerprint density at radius 3 is 2.94 bits per heavy atom. The van der Waals surface area contributed by atoms with Gasteiger partial charge in [0.15, 0.2) is 0 Å². The molecule has 1 saturated carbocycles. The third-order valence-electron chi connectivity index (χ3n) is 3.81. The van der Waals surface area contributed by atoms with Crippen LogP contribution in [0.25, 0.3) is 0 Å². The summed E-state index contributed by atoms with van der Waals surface area (Å²) < 4.78 is 2.09. The highest BCUT2D eigenvalue weighted by atomic mass is 16.3. The summed E-state index contributed by atoms with van der Waals surface area (Å²) >= 11 is 0. The van der Waals surface area contributed by atoms with E-state index in [1.807, 2.05) is 19.1 Å². The van der Waals surface area contributed by atoms with Crippen molar-refractivity contribution in [3.8, 4) is 0 Å². The van der Waals surface area contributed by atoms with Gasteiger partial charge in [0.25, 0.3) is 0 Å². The van der Waals surface area contributed by atoms with Crippen molar-refractivity contribution >= 4 is 0 Å². The van der Waals surface area contributed by atoms with Gasteiger partial charge >= 0.3 is 0 Å². The second kappa shape index (κ2) is 5.70. The van der Waals surface area contributed by atoms with Crippen molar-refractivity contribution in [3.63, 3.8) is 0 Å². The lowest BCUT2D eigenvalue weighted by molar-refractivity contribution is 0.0511. The van der Waals surface area contributed by atoms with Crippen molar-refractivity contribution in [2.24, 2.45) is 0 Å². The Kier molecular flexibility index (Phi) is 4.23. The van der Waals surface area contributed by atoms with E-state index in [9.17, 15) is 5.11 Å². The van der Waals surface area contributed by atoms with Crippen molar-refractivity contribution in [1.29, 1.82) is 0 Å². The SMILES string of the molecule is C=CCCC(C)(O)Cc1ccn(C2CCCC2)n1. The number of rotatable bonds is 6. The molecule has 0 bridgehead atoms. The van der Waals surface area contributed by atoms with Gasteiger partial charge in [0.05, 0.1) is 17.3 Å². The predicted octanol–water partition coefficient (Wildman–Crippen LogP) is 3.26. The lowest BCUT2D eigenvalue weighted by Crippen LogP contribution is -2.27. The van der Waals surface area contributed by atoms with E-state index >= 15 is 0 Å². The maximum atomic E-state index is 10.3. The topological polar surface area (TPSA) is 38.0 Å². The fraction of sp³-hybridized carbons (Fsp3) is 0.667. The first-order valence-electron chi connectivity index (χ1n) is 6.98. The average molecular weight is 248 g/mol. The van der Waals surface area contributed by atoms with Crippen LogP contribution in [-0.2, 0) is 6.42 Å². The molecule has 0 aromatic carbocycles. The Hall–Kier alpha value is -1.09. The van der Waals surface area contributed by atoms with E-state index in [2.05, 4.69) is 22.6 Å². The predicted molar refractivity (Wildman–Crippen MR) is 73.5 cm³/mol. The second-order valence-electron chi connectivity index (χ2n) is 5.73. The molecule has 18 heavy (non-hydrogen) atoms. The molecule has 1 atom stereocenters. The quantitative estimate of drug-likeness (QED) is 0.785. The molecule has 1 aromatic heterocycles. The molecule has 3 heteroatoms. The zero-order chi connectivity index (χ0) is 13.0. The number of aliphatic hydroxyl groups is 1. The minimum absolute atomic E-state index is 0.580. The summed E-state index contributed by atoms with van der Waals surface area (Å²) in [6.45, 7) is 5.58. The molecule has 1 fully saturated rings. The van der Waals surface area contributed by atoms with Crippen LogP contribution in [0.5, 0.6) is 0 Å². The smallest absolute Gasteiger partial charge is 0.0678 e. The number of allylic oxidation sites excluding steroid dienone is 1. The van der Waals surface area contributed by atoms with Crippen LogP contribution in [0.4, 0.5) is 0 Å². The molecule has 1 aromatic rings. The number of hydrogen-bond acceptors (Lipinski definition) is 2. The molecule has 0 spiro atoms. The largest absolute Gasteiger partial charge is 0.390 e. The standard InChI is InChI=1S/C15H24N2O/c1-3-4-10-15(2,18)12-13-9-11-17(16-13)14-7-5-6-8-14/h3,9,11,14,18H,1,4-8,10,12H2,2H3. The van der Waals surface area contributed by atoms with Gasteiger partial charge in [-0.25, -0.2) is 0 Å². The summed E-state index contributed by atoms with van der Waals surface area (Å²) in [6.07, 6.45) is 11.2. The fourth-order valence-corrected chi connectivity index (χ4v) is 2.74. The van der Waals surface area contributed by atoms with Gasteiger partial charge in [-0.05, 0) is 38.7 Å². The fourth-order valence-electron chi connectivity index (χ4n) is 2.74. The van der Waals surface area contributed by atoms with Gasteiger partial charge in [-0.2, -0.15) is 5.10 Å². The molecule has 0 radical (unpaired) electrons. The summed E-state index contributed by atoms with van der Waals surface area (Å²) in [4.78, 5) is 0. The highest BCUT2D eigenvalue weighted by Crippen LogP contribution is 2.29. The van der Waals surface area contributed by atoms with E-state index in [-0.39, 0.29) is 0 Å². The monoisotopic (exact) mass is 248 g/mol. The van der Waals surface area contributed by atoms with Crippen molar-refractivity contribution in [1.82, 2.24) is 9.78 Å². The van der Waals surface area contributed by atoms with Crippen LogP contribution in [-0.4, -0.2) is 20.5 Å². The Morgan fingerprint density at radius 2 is 2.28 bits per heavy atom. The van der Waals surface area contributed by atoms with E-state index in [0.29, 0.717) is 12.5 Å². The lowest BCUT2D eigenvalue weighted by atomic mass is 9.94. The summed E-state index contributed by atoms with van der Waals surface area (Å²) in [5.41, 5.74) is 0.319. The molecule has 0 aliphatic heterocycles. The van der Waals surface area contributed by atoms with Crippen molar-refractivity contribution in [2.75, 3.05) is 0 Å². The molecule has 1 N–H and O–H groups in total. The van der Waals surface area contributed by atoms with Crippen LogP contribution < -0.4 is 0 Å². The summed E-state index contributed by atoms with van der Waals surface area (Å²) in [7, 11) is 0. The van der Waals surface area contributed by atoms with Crippen LogP contribution in [0, 0.1) is 0 Å². The van der Waals surface area contributed by atoms with Crippen molar-refractivity contribution < 1.29 is 5.11 Å². The third-order valence-corrected chi connectivity index (χ3v) is 3.81. The number of hydrogen-bond donors (Lipinski definition) is 1. The number of aromatic nitrogens is 2. The third kappa shape index (κ3) is 3.45. The summed E-state index contributed by atoms with van der Waals surface area (Å²) in [5.74, 6) is 0. The molecule has 1 heterocycles. The van der Waals surface area contributed by atoms with Crippen LogP contribution in [0.2, 0.25) is 0 Å². The zero-order valence-electron chi connectivity index (χ0n) is 11.3. The molecular formula is C15H24N2O. The van der Waals surface area contributed by atoms with Crippen molar-refractivity contribution in [2.45, 2.75) is 63.5 Å². The van der Waals surface area contributed by atoms with Gasteiger partial charge in [-0.15, -0.1) is 6.58 Å². The molecule has 0 saturated heterocycles.